The largest absolute Gasteiger partial charge is 0.493 e. The van der Waals surface area contributed by atoms with E-state index in [1.165, 1.54) is 12.8 Å². The summed E-state index contributed by atoms with van der Waals surface area (Å²) in [5.41, 5.74) is 3.27. The molecule has 0 spiro atoms. The molecule has 0 amide bonds. The molecular formula is C27H24N4O2. The molecule has 6 heteroatoms. The molecule has 1 aliphatic carbocycles. The molecule has 1 fully saturated rings. The molecule has 0 bridgehead atoms. The predicted molar refractivity (Wildman–Crippen MR) is 128 cm³/mol. The lowest BCUT2D eigenvalue weighted by Gasteiger charge is -2.18. The number of hydrogen-bond acceptors (Lipinski definition) is 5. The third kappa shape index (κ3) is 4.18. The molecule has 0 unspecified atom stereocenters. The SMILES string of the molecule is COc1cccc(/C=C/c2nc3ccccc3n2-c2ccc(C#N)cn2)c1OC1CCCC1. The van der Waals surface area contributed by atoms with Crippen molar-refractivity contribution in [1.82, 2.24) is 14.5 Å². The highest BCUT2D eigenvalue weighted by molar-refractivity contribution is 5.82. The van der Waals surface area contributed by atoms with Gasteiger partial charge in [-0.1, -0.05) is 24.3 Å². The number of nitriles is 1. The van der Waals surface area contributed by atoms with Gasteiger partial charge in [-0.2, -0.15) is 5.26 Å². The van der Waals surface area contributed by atoms with Crippen LogP contribution in [-0.4, -0.2) is 27.7 Å². The maximum absolute atomic E-state index is 9.12. The maximum atomic E-state index is 9.12. The highest BCUT2D eigenvalue weighted by atomic mass is 16.5. The van der Waals surface area contributed by atoms with E-state index in [2.05, 4.69) is 11.1 Å². The van der Waals surface area contributed by atoms with Gasteiger partial charge in [0, 0.05) is 11.8 Å². The number of hydrogen-bond donors (Lipinski definition) is 0. The van der Waals surface area contributed by atoms with Crippen LogP contribution in [0.5, 0.6) is 11.5 Å². The first kappa shape index (κ1) is 20.8. The Hall–Kier alpha value is -4.11. The molecule has 2 aromatic carbocycles. The van der Waals surface area contributed by atoms with Crippen LogP contribution in [0.1, 0.15) is 42.6 Å². The third-order valence-corrected chi connectivity index (χ3v) is 5.92. The lowest BCUT2D eigenvalue weighted by molar-refractivity contribution is 0.200. The number of ether oxygens (including phenoxy) is 2. The zero-order valence-corrected chi connectivity index (χ0v) is 18.4. The lowest BCUT2D eigenvalue weighted by atomic mass is 10.1. The first-order chi connectivity index (χ1) is 16.3. The van der Waals surface area contributed by atoms with Crippen LogP contribution in [0.3, 0.4) is 0 Å². The van der Waals surface area contributed by atoms with E-state index >= 15 is 0 Å². The minimum absolute atomic E-state index is 0.223. The van der Waals surface area contributed by atoms with Gasteiger partial charge >= 0.3 is 0 Å². The summed E-state index contributed by atoms with van der Waals surface area (Å²) >= 11 is 0. The highest BCUT2D eigenvalue weighted by Crippen LogP contribution is 2.36. The van der Waals surface area contributed by atoms with Gasteiger partial charge in [-0.3, -0.25) is 4.57 Å². The van der Waals surface area contributed by atoms with Crippen molar-refractivity contribution in [1.29, 1.82) is 5.26 Å². The number of imidazole rings is 1. The van der Waals surface area contributed by atoms with Crippen molar-refractivity contribution < 1.29 is 9.47 Å². The second kappa shape index (κ2) is 9.17. The zero-order chi connectivity index (χ0) is 22.6. The van der Waals surface area contributed by atoms with Crippen LogP contribution < -0.4 is 9.47 Å². The standard InChI is InChI=1S/C27H24N4O2/c1-32-24-12-6-7-20(27(24)33-21-8-2-3-9-21)14-16-26-30-22-10-4-5-11-23(22)31(26)25-15-13-19(17-28)18-29-25/h4-7,10-16,18,21H,2-3,8-9H2,1H3/b16-14+. The zero-order valence-electron chi connectivity index (χ0n) is 18.4. The van der Waals surface area contributed by atoms with Crippen molar-refractivity contribution in [2.24, 2.45) is 0 Å². The molecule has 5 rings (SSSR count). The average molecular weight is 437 g/mol. The summed E-state index contributed by atoms with van der Waals surface area (Å²) < 4.78 is 14.0. The highest BCUT2D eigenvalue weighted by Gasteiger charge is 2.20. The normalized spacial score (nSPS) is 14.1. The summed E-state index contributed by atoms with van der Waals surface area (Å²) in [6, 6.07) is 19.6. The Morgan fingerprint density at radius 3 is 2.64 bits per heavy atom. The number of pyridine rings is 1. The second-order valence-corrected chi connectivity index (χ2v) is 8.05. The molecule has 164 valence electrons. The van der Waals surface area contributed by atoms with E-state index in [1.807, 2.05) is 65.3 Å². The predicted octanol–water partition coefficient (Wildman–Crippen LogP) is 5.79. The van der Waals surface area contributed by atoms with Crippen LogP contribution in [0.15, 0.2) is 60.8 Å². The van der Waals surface area contributed by atoms with Crippen LogP contribution >= 0.6 is 0 Å². The van der Waals surface area contributed by atoms with Crippen LogP contribution in [0, 0.1) is 11.3 Å². The van der Waals surface area contributed by atoms with Gasteiger partial charge in [-0.15, -0.1) is 0 Å². The number of rotatable bonds is 6. The van der Waals surface area contributed by atoms with Crippen LogP contribution in [0.25, 0.3) is 29.0 Å². The Morgan fingerprint density at radius 2 is 1.88 bits per heavy atom. The summed E-state index contributed by atoms with van der Waals surface area (Å²) in [7, 11) is 1.67. The maximum Gasteiger partial charge on any atom is 0.168 e. The van der Waals surface area contributed by atoms with E-state index in [9.17, 15) is 0 Å². The number of methoxy groups -OCH3 is 1. The fraction of sp³-hybridized carbons (Fsp3) is 0.222. The molecule has 1 saturated carbocycles. The van der Waals surface area contributed by atoms with E-state index in [1.54, 1.807) is 19.4 Å². The van der Waals surface area contributed by atoms with Gasteiger partial charge in [0.15, 0.2) is 11.5 Å². The number of aromatic nitrogens is 3. The quantitative estimate of drug-likeness (QED) is 0.382. The van der Waals surface area contributed by atoms with Gasteiger partial charge in [0.25, 0.3) is 0 Å². The molecule has 0 atom stereocenters. The van der Waals surface area contributed by atoms with E-state index in [-0.39, 0.29) is 6.10 Å². The van der Waals surface area contributed by atoms with Gasteiger partial charge in [0.2, 0.25) is 0 Å². The first-order valence-corrected chi connectivity index (χ1v) is 11.1. The smallest absolute Gasteiger partial charge is 0.168 e. The average Bonchev–Trinajstić information content (AvgIpc) is 3.51. The number of fused-ring (bicyclic) bond motifs is 1. The number of nitrogens with zero attached hydrogens (tertiary/aromatic N) is 4. The van der Waals surface area contributed by atoms with E-state index < -0.39 is 0 Å². The van der Waals surface area contributed by atoms with Crippen molar-refractivity contribution in [3.05, 3.63) is 77.7 Å². The fourth-order valence-corrected chi connectivity index (χ4v) is 4.27. The van der Waals surface area contributed by atoms with Gasteiger partial charge in [0.1, 0.15) is 17.7 Å². The van der Waals surface area contributed by atoms with E-state index in [4.69, 9.17) is 19.7 Å². The van der Waals surface area contributed by atoms with Gasteiger partial charge in [-0.05, 0) is 68.2 Å². The van der Waals surface area contributed by atoms with Crippen molar-refractivity contribution in [2.45, 2.75) is 31.8 Å². The summed E-state index contributed by atoms with van der Waals surface area (Å²) in [4.78, 5) is 9.31. The molecule has 0 aliphatic heterocycles. The van der Waals surface area contributed by atoms with Crippen LogP contribution in [0.4, 0.5) is 0 Å². The summed E-state index contributed by atoms with van der Waals surface area (Å²) in [5.74, 6) is 2.94. The molecular weight excluding hydrogens is 412 g/mol. The number of para-hydroxylation sites is 3. The Bertz CT molecular complexity index is 1340. The first-order valence-electron chi connectivity index (χ1n) is 11.1. The number of benzene rings is 2. The summed E-state index contributed by atoms with van der Waals surface area (Å²) in [5, 5.41) is 9.12. The van der Waals surface area contributed by atoms with Crippen molar-refractivity contribution in [3.63, 3.8) is 0 Å². The Morgan fingerprint density at radius 1 is 1.03 bits per heavy atom. The van der Waals surface area contributed by atoms with Crippen molar-refractivity contribution in [2.75, 3.05) is 7.11 Å². The molecule has 2 heterocycles. The van der Waals surface area contributed by atoms with Crippen LogP contribution in [0.2, 0.25) is 0 Å². The molecule has 4 aromatic rings. The summed E-state index contributed by atoms with van der Waals surface area (Å²) in [6.45, 7) is 0. The van der Waals surface area contributed by atoms with Gasteiger partial charge < -0.3 is 9.47 Å². The molecule has 0 N–H and O–H groups in total. The third-order valence-electron chi connectivity index (χ3n) is 5.92. The Labute approximate surface area is 192 Å². The molecule has 6 nitrogen and oxygen atoms in total. The van der Waals surface area contributed by atoms with E-state index in [0.717, 1.165) is 46.8 Å². The Balaban J connectivity index is 1.57. The van der Waals surface area contributed by atoms with E-state index in [0.29, 0.717) is 11.4 Å². The fourth-order valence-electron chi connectivity index (χ4n) is 4.27. The van der Waals surface area contributed by atoms with Crippen molar-refractivity contribution >= 4 is 23.2 Å². The molecule has 2 aromatic heterocycles. The van der Waals surface area contributed by atoms with Crippen LogP contribution in [-0.2, 0) is 0 Å². The molecule has 0 radical (unpaired) electrons. The Kier molecular flexibility index (Phi) is 5.77. The minimum atomic E-state index is 0.223. The summed E-state index contributed by atoms with van der Waals surface area (Å²) in [6.07, 6.45) is 10.3. The molecule has 1 aliphatic rings. The molecule has 33 heavy (non-hydrogen) atoms. The van der Waals surface area contributed by atoms with Gasteiger partial charge in [0.05, 0.1) is 29.8 Å². The topological polar surface area (TPSA) is 73.0 Å². The monoisotopic (exact) mass is 436 g/mol. The van der Waals surface area contributed by atoms with Crippen molar-refractivity contribution in [3.8, 4) is 23.4 Å². The van der Waals surface area contributed by atoms with Gasteiger partial charge in [-0.25, -0.2) is 9.97 Å². The second-order valence-electron chi connectivity index (χ2n) is 8.05. The minimum Gasteiger partial charge on any atom is -0.493 e. The lowest BCUT2D eigenvalue weighted by Crippen LogP contribution is -2.12. The molecule has 0 saturated heterocycles.